The second-order valence-corrected chi connectivity index (χ2v) is 7.96. The summed E-state index contributed by atoms with van der Waals surface area (Å²) in [4.78, 5) is 23.9. The van der Waals surface area contributed by atoms with E-state index in [0.29, 0.717) is 11.4 Å². The lowest BCUT2D eigenvalue weighted by atomic mass is 10.1. The molecule has 0 spiro atoms. The number of anilines is 3. The van der Waals surface area contributed by atoms with Crippen molar-refractivity contribution < 1.29 is 18.0 Å². The van der Waals surface area contributed by atoms with E-state index in [1.165, 1.54) is 25.1 Å². The molecule has 3 N–H and O–H groups in total. The van der Waals surface area contributed by atoms with Crippen LogP contribution in [0.5, 0.6) is 0 Å². The number of hydrogen-bond donors (Lipinski definition) is 3. The van der Waals surface area contributed by atoms with E-state index < -0.39 is 27.8 Å². The minimum atomic E-state index is -3.86. The zero-order valence-corrected chi connectivity index (χ0v) is 15.4. The molecule has 7 nitrogen and oxygen atoms in total. The maximum atomic E-state index is 12.8. The Labute approximate surface area is 151 Å². The summed E-state index contributed by atoms with van der Waals surface area (Å²) in [6.45, 7) is 5.12. The highest BCUT2D eigenvalue weighted by Crippen LogP contribution is 2.30. The normalized spacial score (nSPS) is 17.0. The van der Waals surface area contributed by atoms with Crippen molar-refractivity contribution in [3.63, 3.8) is 0 Å². The number of carbonyl (C=O) groups is 2. The van der Waals surface area contributed by atoms with Crippen molar-refractivity contribution in [1.82, 2.24) is 0 Å². The maximum absolute atomic E-state index is 12.8. The second kappa shape index (κ2) is 6.45. The number of fused-ring (bicyclic) bond motifs is 1. The SMILES string of the molecule is Cc1cccc(C)c1NS(=O)(=O)c1ccc2c(c1)NC(=O)[C@@H](C)C(=O)N2. The van der Waals surface area contributed by atoms with Gasteiger partial charge in [-0.15, -0.1) is 0 Å². The van der Waals surface area contributed by atoms with Crippen LogP contribution >= 0.6 is 0 Å². The highest BCUT2D eigenvalue weighted by molar-refractivity contribution is 7.92. The number of para-hydroxylation sites is 1. The van der Waals surface area contributed by atoms with Gasteiger partial charge in [-0.2, -0.15) is 0 Å². The Morgan fingerprint density at radius 2 is 1.50 bits per heavy atom. The van der Waals surface area contributed by atoms with Crippen LogP contribution in [-0.2, 0) is 19.6 Å². The number of nitrogens with one attached hydrogen (secondary N) is 3. The van der Waals surface area contributed by atoms with E-state index in [2.05, 4.69) is 15.4 Å². The van der Waals surface area contributed by atoms with Gasteiger partial charge in [0.05, 0.1) is 22.0 Å². The fourth-order valence-electron chi connectivity index (χ4n) is 2.67. The Morgan fingerprint density at radius 1 is 0.923 bits per heavy atom. The Hall–Kier alpha value is -2.87. The van der Waals surface area contributed by atoms with E-state index >= 15 is 0 Å². The summed E-state index contributed by atoms with van der Waals surface area (Å²) in [6, 6.07) is 9.67. The van der Waals surface area contributed by atoms with Crippen molar-refractivity contribution in [2.24, 2.45) is 5.92 Å². The van der Waals surface area contributed by atoms with Gasteiger partial charge in [0.2, 0.25) is 11.8 Å². The topological polar surface area (TPSA) is 104 Å². The van der Waals surface area contributed by atoms with Gasteiger partial charge in [-0.3, -0.25) is 14.3 Å². The summed E-state index contributed by atoms with van der Waals surface area (Å²) in [7, 11) is -3.86. The molecular weight excluding hydrogens is 354 g/mol. The summed E-state index contributed by atoms with van der Waals surface area (Å²) >= 11 is 0. The van der Waals surface area contributed by atoms with Gasteiger partial charge in [-0.1, -0.05) is 18.2 Å². The van der Waals surface area contributed by atoms with E-state index in [1.807, 2.05) is 32.0 Å². The summed E-state index contributed by atoms with van der Waals surface area (Å²) in [5.74, 6) is -1.79. The molecule has 2 aromatic rings. The summed E-state index contributed by atoms with van der Waals surface area (Å²) in [5, 5.41) is 5.20. The third kappa shape index (κ3) is 3.28. The van der Waals surface area contributed by atoms with Crippen LogP contribution < -0.4 is 15.4 Å². The predicted octanol–water partition coefficient (Wildman–Crippen LogP) is 2.63. The standard InChI is InChI=1S/C18H19N3O4S/c1-10-5-4-6-11(2)16(10)21-26(24,25)13-7-8-14-15(9-13)20-18(23)12(3)17(22)19-14/h4-9,12,21H,1-3H3,(H,19,22)(H,20,23)/t12-/m0/s1. The van der Waals surface area contributed by atoms with Gasteiger partial charge < -0.3 is 10.6 Å². The molecule has 0 saturated heterocycles. The van der Waals surface area contributed by atoms with Crippen LogP contribution in [0.15, 0.2) is 41.3 Å². The third-order valence-electron chi connectivity index (χ3n) is 4.32. The van der Waals surface area contributed by atoms with Crippen LogP contribution in [0.25, 0.3) is 0 Å². The molecule has 136 valence electrons. The number of rotatable bonds is 3. The van der Waals surface area contributed by atoms with Crippen molar-refractivity contribution in [1.29, 1.82) is 0 Å². The largest absolute Gasteiger partial charge is 0.324 e. The molecular formula is C18H19N3O4S. The number of carbonyl (C=O) groups excluding carboxylic acids is 2. The van der Waals surface area contributed by atoms with E-state index in [0.717, 1.165) is 11.1 Å². The number of sulfonamides is 1. The Kier molecular flexibility index (Phi) is 4.45. The lowest BCUT2D eigenvalue weighted by molar-refractivity contribution is -0.128. The molecule has 3 rings (SSSR count). The van der Waals surface area contributed by atoms with Gasteiger partial charge in [0.15, 0.2) is 0 Å². The zero-order valence-electron chi connectivity index (χ0n) is 14.6. The molecule has 26 heavy (non-hydrogen) atoms. The molecule has 1 aliphatic heterocycles. The fraction of sp³-hybridized carbons (Fsp3) is 0.222. The van der Waals surface area contributed by atoms with Crippen molar-refractivity contribution in [3.8, 4) is 0 Å². The molecule has 8 heteroatoms. The molecule has 1 aliphatic rings. The van der Waals surface area contributed by atoms with Crippen LogP contribution in [0.1, 0.15) is 18.1 Å². The second-order valence-electron chi connectivity index (χ2n) is 6.28. The molecule has 0 radical (unpaired) electrons. The van der Waals surface area contributed by atoms with E-state index in [9.17, 15) is 18.0 Å². The number of amides is 2. The summed E-state index contributed by atoms with van der Waals surface area (Å²) in [5.41, 5.74) is 2.74. The number of aryl methyl sites for hydroxylation is 2. The molecule has 2 aromatic carbocycles. The average Bonchev–Trinajstić information content (AvgIpc) is 2.68. The van der Waals surface area contributed by atoms with Crippen LogP contribution in [0, 0.1) is 19.8 Å². The van der Waals surface area contributed by atoms with E-state index in [4.69, 9.17) is 0 Å². The minimum absolute atomic E-state index is 0.0111. The van der Waals surface area contributed by atoms with Crippen LogP contribution in [0.2, 0.25) is 0 Å². The zero-order chi connectivity index (χ0) is 19.1. The molecule has 0 fully saturated rings. The maximum Gasteiger partial charge on any atom is 0.261 e. The quantitative estimate of drug-likeness (QED) is 0.719. The van der Waals surface area contributed by atoms with Gasteiger partial charge in [0.25, 0.3) is 10.0 Å². The van der Waals surface area contributed by atoms with Crippen molar-refractivity contribution in [2.75, 3.05) is 15.4 Å². The Morgan fingerprint density at radius 3 is 2.12 bits per heavy atom. The van der Waals surface area contributed by atoms with Gasteiger partial charge >= 0.3 is 0 Å². The molecule has 0 unspecified atom stereocenters. The van der Waals surface area contributed by atoms with Gasteiger partial charge in [-0.05, 0) is 50.1 Å². The molecule has 1 heterocycles. The number of hydrogen-bond acceptors (Lipinski definition) is 4. The molecule has 2 amide bonds. The van der Waals surface area contributed by atoms with Crippen LogP contribution in [0.4, 0.5) is 17.1 Å². The van der Waals surface area contributed by atoms with Crippen molar-refractivity contribution >= 4 is 38.9 Å². The minimum Gasteiger partial charge on any atom is -0.324 e. The Bertz CT molecular complexity index is 995. The van der Waals surface area contributed by atoms with Crippen molar-refractivity contribution in [3.05, 3.63) is 47.5 Å². The molecule has 0 bridgehead atoms. The first-order chi connectivity index (χ1) is 12.2. The first kappa shape index (κ1) is 17.9. The van der Waals surface area contributed by atoms with Gasteiger partial charge in [-0.25, -0.2) is 8.42 Å². The smallest absolute Gasteiger partial charge is 0.261 e. The molecule has 1 atom stereocenters. The Balaban J connectivity index is 1.99. The van der Waals surface area contributed by atoms with Gasteiger partial charge in [0.1, 0.15) is 5.92 Å². The van der Waals surface area contributed by atoms with Crippen molar-refractivity contribution in [2.45, 2.75) is 25.7 Å². The summed E-state index contributed by atoms with van der Waals surface area (Å²) in [6.07, 6.45) is 0. The van der Waals surface area contributed by atoms with E-state index in [1.54, 1.807) is 0 Å². The highest BCUT2D eigenvalue weighted by Gasteiger charge is 2.28. The summed E-state index contributed by atoms with van der Waals surface area (Å²) < 4.78 is 28.1. The van der Waals surface area contributed by atoms with E-state index in [-0.39, 0.29) is 10.6 Å². The molecule has 0 saturated carbocycles. The predicted molar refractivity (Wildman–Crippen MR) is 99.6 cm³/mol. The van der Waals surface area contributed by atoms with Gasteiger partial charge in [0, 0.05) is 0 Å². The monoisotopic (exact) mass is 373 g/mol. The lowest BCUT2D eigenvalue weighted by Gasteiger charge is -2.14. The number of benzene rings is 2. The highest BCUT2D eigenvalue weighted by atomic mass is 32.2. The molecule has 0 aliphatic carbocycles. The first-order valence-electron chi connectivity index (χ1n) is 8.04. The third-order valence-corrected chi connectivity index (χ3v) is 5.67. The lowest BCUT2D eigenvalue weighted by Crippen LogP contribution is -2.28. The molecule has 0 aromatic heterocycles. The first-order valence-corrected chi connectivity index (χ1v) is 9.52. The van der Waals surface area contributed by atoms with Crippen LogP contribution in [-0.4, -0.2) is 20.2 Å². The van der Waals surface area contributed by atoms with Crippen LogP contribution in [0.3, 0.4) is 0 Å². The fourth-order valence-corrected chi connectivity index (χ4v) is 3.90. The average molecular weight is 373 g/mol.